The van der Waals surface area contributed by atoms with Gasteiger partial charge in [0.15, 0.2) is 4.32 Å². The Bertz CT molecular complexity index is 898. The van der Waals surface area contributed by atoms with Gasteiger partial charge in [0.05, 0.1) is 15.5 Å². The van der Waals surface area contributed by atoms with Crippen LogP contribution in [0.15, 0.2) is 57.9 Å². The second kappa shape index (κ2) is 6.84. The first kappa shape index (κ1) is 16.8. The molecule has 0 N–H and O–H groups in total. The number of carbonyl (C=O) groups is 1. The molecule has 0 unspecified atom stereocenters. The highest BCUT2D eigenvalue weighted by Crippen LogP contribution is 2.36. The first-order chi connectivity index (χ1) is 11.5. The molecular formula is C16H9BrN2O3S2. The van der Waals surface area contributed by atoms with Crippen LogP contribution in [0.3, 0.4) is 0 Å². The molecule has 0 aromatic heterocycles. The average Bonchev–Trinajstić information content (AvgIpc) is 2.81. The summed E-state index contributed by atoms with van der Waals surface area (Å²) in [7, 11) is 0. The summed E-state index contributed by atoms with van der Waals surface area (Å²) in [6, 6.07) is 13.4. The number of nitro benzene ring substituents is 1. The van der Waals surface area contributed by atoms with Crippen LogP contribution in [0.25, 0.3) is 6.08 Å². The molecule has 1 saturated heterocycles. The molecule has 24 heavy (non-hydrogen) atoms. The van der Waals surface area contributed by atoms with Crippen molar-refractivity contribution in [2.45, 2.75) is 0 Å². The molecule has 0 bridgehead atoms. The normalized spacial score (nSPS) is 16.0. The minimum atomic E-state index is -0.468. The van der Waals surface area contributed by atoms with Crippen LogP contribution in [0.1, 0.15) is 5.56 Å². The van der Waals surface area contributed by atoms with Gasteiger partial charge >= 0.3 is 0 Å². The van der Waals surface area contributed by atoms with Crippen LogP contribution >= 0.6 is 39.9 Å². The molecule has 0 atom stereocenters. The number of benzene rings is 2. The number of thioether (sulfide) groups is 1. The maximum Gasteiger partial charge on any atom is 0.270 e. The summed E-state index contributed by atoms with van der Waals surface area (Å²) in [5.74, 6) is -0.241. The van der Waals surface area contributed by atoms with Gasteiger partial charge in [-0.25, -0.2) is 0 Å². The number of nitro groups is 1. The van der Waals surface area contributed by atoms with Gasteiger partial charge in [-0.15, -0.1) is 0 Å². The van der Waals surface area contributed by atoms with Crippen molar-refractivity contribution in [3.63, 3.8) is 0 Å². The van der Waals surface area contributed by atoms with Gasteiger partial charge in [-0.3, -0.25) is 19.8 Å². The number of nitrogens with zero attached hydrogens (tertiary/aromatic N) is 2. The lowest BCUT2D eigenvalue weighted by atomic mass is 10.2. The van der Waals surface area contributed by atoms with E-state index in [9.17, 15) is 14.9 Å². The van der Waals surface area contributed by atoms with Gasteiger partial charge in [-0.05, 0) is 29.8 Å². The third-order valence-electron chi connectivity index (χ3n) is 3.24. The lowest BCUT2D eigenvalue weighted by Gasteiger charge is -2.14. The SMILES string of the molecule is O=C1/C(=C\c2cccc([N+](=O)[O-])c2)SC(=S)N1c1cccc(Br)c1. The van der Waals surface area contributed by atoms with Gasteiger partial charge in [-0.2, -0.15) is 0 Å². The molecule has 1 aliphatic rings. The van der Waals surface area contributed by atoms with E-state index >= 15 is 0 Å². The number of amides is 1. The first-order valence-electron chi connectivity index (χ1n) is 6.74. The van der Waals surface area contributed by atoms with E-state index in [1.807, 2.05) is 12.1 Å². The fourth-order valence-electron chi connectivity index (χ4n) is 2.19. The summed E-state index contributed by atoms with van der Waals surface area (Å²) >= 11 is 9.86. The maximum atomic E-state index is 12.7. The van der Waals surface area contributed by atoms with Crippen LogP contribution < -0.4 is 4.90 Å². The third-order valence-corrected chi connectivity index (χ3v) is 5.03. The fraction of sp³-hybridized carbons (Fsp3) is 0. The molecule has 5 nitrogen and oxygen atoms in total. The molecule has 120 valence electrons. The minimum Gasteiger partial charge on any atom is -0.268 e. The highest BCUT2D eigenvalue weighted by Gasteiger charge is 2.33. The van der Waals surface area contributed by atoms with Crippen LogP contribution in [-0.2, 0) is 4.79 Å². The van der Waals surface area contributed by atoms with E-state index in [-0.39, 0.29) is 11.6 Å². The van der Waals surface area contributed by atoms with Gasteiger partial charge in [0.1, 0.15) is 0 Å². The van der Waals surface area contributed by atoms with Gasteiger partial charge in [-0.1, -0.05) is 58.1 Å². The van der Waals surface area contributed by atoms with Gasteiger partial charge in [0.25, 0.3) is 11.6 Å². The smallest absolute Gasteiger partial charge is 0.268 e. The summed E-state index contributed by atoms with van der Waals surface area (Å²) in [5.41, 5.74) is 1.24. The van der Waals surface area contributed by atoms with E-state index < -0.39 is 4.92 Å². The van der Waals surface area contributed by atoms with E-state index in [0.29, 0.717) is 20.5 Å². The molecule has 2 aromatic carbocycles. The van der Waals surface area contributed by atoms with Crippen LogP contribution in [0.2, 0.25) is 0 Å². The van der Waals surface area contributed by atoms with Crippen molar-refractivity contribution in [3.8, 4) is 0 Å². The number of thiocarbonyl (C=S) groups is 1. The van der Waals surface area contributed by atoms with Crippen molar-refractivity contribution in [2.24, 2.45) is 0 Å². The van der Waals surface area contributed by atoms with E-state index in [1.165, 1.54) is 28.8 Å². The second-order valence-electron chi connectivity index (χ2n) is 4.85. The predicted molar refractivity (Wildman–Crippen MR) is 103 cm³/mol. The molecule has 3 rings (SSSR count). The summed E-state index contributed by atoms with van der Waals surface area (Å²) < 4.78 is 1.27. The Hall–Kier alpha value is -2.03. The quantitative estimate of drug-likeness (QED) is 0.309. The summed E-state index contributed by atoms with van der Waals surface area (Å²) in [5, 5.41) is 10.9. The van der Waals surface area contributed by atoms with E-state index in [2.05, 4.69) is 15.9 Å². The van der Waals surface area contributed by atoms with Crippen molar-refractivity contribution >= 4 is 67.6 Å². The average molecular weight is 421 g/mol. The van der Waals surface area contributed by atoms with Crippen molar-refractivity contribution in [3.05, 3.63) is 73.6 Å². The topological polar surface area (TPSA) is 63.4 Å². The molecule has 1 amide bonds. The Kier molecular flexibility index (Phi) is 4.79. The molecular weight excluding hydrogens is 412 g/mol. The van der Waals surface area contributed by atoms with Crippen LogP contribution in [0, 0.1) is 10.1 Å². The lowest BCUT2D eigenvalue weighted by Crippen LogP contribution is -2.27. The predicted octanol–water partition coefficient (Wildman–Crippen LogP) is 4.76. The zero-order chi connectivity index (χ0) is 17.3. The Balaban J connectivity index is 1.94. The standard InChI is InChI=1S/C16H9BrN2O3S2/c17-11-4-2-5-12(9-11)18-15(20)14(24-16(18)23)8-10-3-1-6-13(7-10)19(21)22/h1-9H/b14-8+. The van der Waals surface area contributed by atoms with Crippen molar-refractivity contribution in [1.82, 2.24) is 0 Å². The number of rotatable bonds is 3. The first-order valence-corrected chi connectivity index (χ1v) is 8.75. The molecule has 2 aromatic rings. The molecule has 1 aliphatic heterocycles. The molecule has 0 saturated carbocycles. The summed E-state index contributed by atoms with van der Waals surface area (Å²) in [6.07, 6.45) is 1.62. The Morgan fingerprint density at radius 2 is 1.96 bits per heavy atom. The Morgan fingerprint density at radius 1 is 1.21 bits per heavy atom. The number of anilines is 1. The van der Waals surface area contributed by atoms with Crippen molar-refractivity contribution in [1.29, 1.82) is 0 Å². The highest BCUT2D eigenvalue weighted by atomic mass is 79.9. The molecule has 0 radical (unpaired) electrons. The van der Waals surface area contributed by atoms with E-state index in [0.717, 1.165) is 4.47 Å². The lowest BCUT2D eigenvalue weighted by molar-refractivity contribution is -0.384. The molecule has 1 fully saturated rings. The van der Waals surface area contributed by atoms with Crippen LogP contribution in [0.4, 0.5) is 11.4 Å². The van der Waals surface area contributed by atoms with Crippen LogP contribution in [0.5, 0.6) is 0 Å². The Morgan fingerprint density at radius 3 is 2.67 bits per heavy atom. The van der Waals surface area contributed by atoms with E-state index in [1.54, 1.807) is 30.3 Å². The molecule has 0 spiro atoms. The number of halogens is 1. The number of hydrogen-bond donors (Lipinski definition) is 0. The summed E-state index contributed by atoms with van der Waals surface area (Å²) in [4.78, 5) is 24.9. The maximum absolute atomic E-state index is 12.7. The third kappa shape index (κ3) is 3.40. The second-order valence-corrected chi connectivity index (χ2v) is 7.44. The summed E-state index contributed by atoms with van der Waals surface area (Å²) in [6.45, 7) is 0. The minimum absolute atomic E-state index is 0.0220. The number of non-ortho nitro benzene ring substituents is 1. The fourth-order valence-corrected chi connectivity index (χ4v) is 3.87. The Labute approximate surface area is 155 Å². The van der Waals surface area contributed by atoms with E-state index in [4.69, 9.17) is 12.2 Å². The van der Waals surface area contributed by atoms with Crippen molar-refractivity contribution < 1.29 is 9.72 Å². The van der Waals surface area contributed by atoms with Crippen LogP contribution in [-0.4, -0.2) is 15.2 Å². The van der Waals surface area contributed by atoms with Crippen molar-refractivity contribution in [2.75, 3.05) is 4.90 Å². The highest BCUT2D eigenvalue weighted by molar-refractivity contribution is 9.10. The van der Waals surface area contributed by atoms with Gasteiger partial charge in [0, 0.05) is 16.6 Å². The molecule has 0 aliphatic carbocycles. The monoisotopic (exact) mass is 420 g/mol. The number of carbonyl (C=O) groups excluding carboxylic acids is 1. The molecule has 1 heterocycles. The van der Waals surface area contributed by atoms with Gasteiger partial charge < -0.3 is 0 Å². The zero-order valence-corrected chi connectivity index (χ0v) is 15.2. The largest absolute Gasteiger partial charge is 0.270 e. The molecule has 8 heteroatoms. The van der Waals surface area contributed by atoms with Gasteiger partial charge in [0.2, 0.25) is 0 Å². The number of hydrogen-bond acceptors (Lipinski definition) is 5. The zero-order valence-electron chi connectivity index (χ0n) is 12.0.